The Balaban J connectivity index is 0. The average Bonchev–Trinajstić information content (AvgIpc) is 3.04. The predicted octanol–water partition coefficient (Wildman–Crippen LogP) is 5.01. The second kappa shape index (κ2) is 16.2. The van der Waals surface area contributed by atoms with Gasteiger partial charge in [-0.25, -0.2) is 9.59 Å². The van der Waals surface area contributed by atoms with Gasteiger partial charge in [0.25, 0.3) is 0 Å². The summed E-state index contributed by atoms with van der Waals surface area (Å²) in [5.74, 6) is -1.19. The van der Waals surface area contributed by atoms with E-state index in [4.69, 9.17) is 14.2 Å². The summed E-state index contributed by atoms with van der Waals surface area (Å²) < 4.78 is 15.4. The van der Waals surface area contributed by atoms with Gasteiger partial charge in [-0.2, -0.15) is 0 Å². The van der Waals surface area contributed by atoms with E-state index in [0.29, 0.717) is 32.5 Å². The van der Waals surface area contributed by atoms with Gasteiger partial charge in [0, 0.05) is 45.4 Å². The van der Waals surface area contributed by atoms with Gasteiger partial charge in [0.1, 0.15) is 28.7 Å². The Labute approximate surface area is 223 Å². The number of hydrogen-bond acceptors (Lipinski definition) is 8. The largest absolute Gasteiger partial charge is 0.465 e. The molecule has 0 aromatic carbocycles. The number of likely N-dealkylation sites (tertiary alicyclic amines) is 2. The number of carbonyl (C=O) groups is 5. The van der Waals surface area contributed by atoms with Crippen molar-refractivity contribution < 1.29 is 38.2 Å². The summed E-state index contributed by atoms with van der Waals surface area (Å²) in [5, 5.41) is 0. The number of rotatable bonds is 2. The molecule has 0 bridgehead atoms. The third-order valence-corrected chi connectivity index (χ3v) is 5.12. The van der Waals surface area contributed by atoms with E-state index in [1.807, 2.05) is 20.8 Å². The molecule has 0 spiro atoms. The van der Waals surface area contributed by atoms with Crippen molar-refractivity contribution in [2.24, 2.45) is 5.92 Å². The van der Waals surface area contributed by atoms with Crippen LogP contribution in [0.1, 0.15) is 95.4 Å². The first kappa shape index (κ1) is 36.5. The number of Topliss-reactive ketones (excluding diaryl/α,β-unsaturated/α-hetero) is 2. The zero-order chi connectivity index (χ0) is 26.8. The molecule has 1 atom stereocenters. The molecule has 0 saturated carbocycles. The molecule has 0 aromatic heterocycles. The monoisotopic (exact) mass is 530 g/mol. The van der Waals surface area contributed by atoms with Crippen molar-refractivity contribution in [3.63, 3.8) is 0 Å². The lowest BCUT2D eigenvalue weighted by molar-refractivity contribution is -0.151. The maximum absolute atomic E-state index is 12.0. The second-order valence-corrected chi connectivity index (χ2v) is 10.6. The molecule has 2 heterocycles. The van der Waals surface area contributed by atoms with Crippen LogP contribution in [0.3, 0.4) is 0 Å². The standard InChI is InChI=1S/C14H23NO5.C11H19NO3.2CH4/c1-5-19-12(17)10-6-8-15(9-7-11(10)16)13(18)20-14(2,3)4;1-11(2,3)15-10(14)12-7-4-5-9(13)6-8-12;;/h10H,5-9H2,1-4H3;4-8H2,1-3H3;2*1H4. The number of ketones is 2. The fourth-order valence-electron chi connectivity index (χ4n) is 3.45. The number of esters is 1. The van der Waals surface area contributed by atoms with E-state index in [1.54, 1.807) is 32.6 Å². The number of ether oxygens (including phenoxy) is 3. The van der Waals surface area contributed by atoms with Crippen molar-refractivity contribution in [2.45, 2.75) is 107 Å². The number of amides is 2. The van der Waals surface area contributed by atoms with E-state index in [-0.39, 0.29) is 58.5 Å². The van der Waals surface area contributed by atoms with Crippen molar-refractivity contribution in [3.05, 3.63) is 0 Å². The van der Waals surface area contributed by atoms with Crippen LogP contribution in [0.2, 0.25) is 0 Å². The summed E-state index contributed by atoms with van der Waals surface area (Å²) in [7, 11) is 0. The molecule has 10 nitrogen and oxygen atoms in total. The molecular weight excluding hydrogens is 480 g/mol. The molecule has 1 unspecified atom stereocenters. The quantitative estimate of drug-likeness (QED) is 0.277. The van der Waals surface area contributed by atoms with Crippen molar-refractivity contribution in [3.8, 4) is 0 Å². The Hall–Kier alpha value is -2.65. The molecular formula is C27H50N2O8. The Bertz CT molecular complexity index is 767. The average molecular weight is 531 g/mol. The molecule has 2 rings (SSSR count). The number of hydrogen-bond donors (Lipinski definition) is 0. The zero-order valence-electron chi connectivity index (χ0n) is 22.3. The zero-order valence-corrected chi connectivity index (χ0v) is 22.3. The maximum atomic E-state index is 12.0. The van der Waals surface area contributed by atoms with Crippen LogP contribution < -0.4 is 0 Å². The SMILES string of the molecule is C.C.CC(C)(C)OC(=O)N1CCCC(=O)CC1.CCOC(=O)C1CCN(C(=O)OC(C)(C)C)CCC1=O. The summed E-state index contributed by atoms with van der Waals surface area (Å²) >= 11 is 0. The summed E-state index contributed by atoms with van der Waals surface area (Å²) in [6.07, 6.45) is 1.47. The van der Waals surface area contributed by atoms with Gasteiger partial charge in [-0.1, -0.05) is 14.9 Å². The molecule has 10 heteroatoms. The van der Waals surface area contributed by atoms with Gasteiger partial charge in [-0.05, 0) is 61.3 Å². The summed E-state index contributed by atoms with van der Waals surface area (Å²) in [4.78, 5) is 61.5. The lowest BCUT2D eigenvalue weighted by Gasteiger charge is -2.26. The molecule has 2 aliphatic rings. The van der Waals surface area contributed by atoms with Crippen LogP contribution >= 0.6 is 0 Å². The van der Waals surface area contributed by atoms with E-state index >= 15 is 0 Å². The number of nitrogens with zero attached hydrogens (tertiary/aromatic N) is 2. The normalized spacial score (nSPS) is 18.5. The minimum atomic E-state index is -0.762. The molecule has 2 fully saturated rings. The Morgan fingerprint density at radius 2 is 1.27 bits per heavy atom. The van der Waals surface area contributed by atoms with Crippen LogP contribution in [0, 0.1) is 5.92 Å². The van der Waals surface area contributed by atoms with Crippen LogP contribution in [-0.2, 0) is 28.6 Å². The fourth-order valence-corrected chi connectivity index (χ4v) is 3.45. The maximum Gasteiger partial charge on any atom is 0.410 e. The second-order valence-electron chi connectivity index (χ2n) is 10.6. The first-order chi connectivity index (χ1) is 16.1. The minimum Gasteiger partial charge on any atom is -0.465 e. The van der Waals surface area contributed by atoms with Crippen LogP contribution in [0.15, 0.2) is 0 Å². The van der Waals surface area contributed by atoms with Crippen LogP contribution in [0.5, 0.6) is 0 Å². The van der Waals surface area contributed by atoms with Gasteiger partial charge in [0.15, 0.2) is 0 Å². The van der Waals surface area contributed by atoms with E-state index in [1.165, 1.54) is 4.90 Å². The van der Waals surface area contributed by atoms with Gasteiger partial charge in [0.2, 0.25) is 0 Å². The van der Waals surface area contributed by atoms with Gasteiger partial charge in [-0.3, -0.25) is 14.4 Å². The minimum absolute atomic E-state index is 0. The third-order valence-electron chi connectivity index (χ3n) is 5.12. The molecule has 2 saturated heterocycles. The highest BCUT2D eigenvalue weighted by atomic mass is 16.6. The Morgan fingerprint density at radius 1 is 0.784 bits per heavy atom. The van der Waals surface area contributed by atoms with Gasteiger partial charge in [-0.15, -0.1) is 0 Å². The van der Waals surface area contributed by atoms with Crippen molar-refractivity contribution in [1.82, 2.24) is 9.80 Å². The Morgan fingerprint density at radius 3 is 1.76 bits per heavy atom. The highest BCUT2D eigenvalue weighted by Crippen LogP contribution is 2.18. The summed E-state index contributed by atoms with van der Waals surface area (Å²) in [5.41, 5.74) is -1.04. The topological polar surface area (TPSA) is 120 Å². The molecule has 0 N–H and O–H groups in total. The molecule has 2 aliphatic heterocycles. The van der Waals surface area contributed by atoms with E-state index < -0.39 is 29.2 Å². The molecule has 0 radical (unpaired) electrons. The number of carbonyl (C=O) groups excluding carboxylic acids is 5. The molecule has 37 heavy (non-hydrogen) atoms. The van der Waals surface area contributed by atoms with Gasteiger partial charge < -0.3 is 24.0 Å². The third kappa shape index (κ3) is 14.6. The van der Waals surface area contributed by atoms with Crippen LogP contribution in [0.4, 0.5) is 9.59 Å². The van der Waals surface area contributed by atoms with Crippen molar-refractivity contribution in [2.75, 3.05) is 32.8 Å². The first-order valence-corrected chi connectivity index (χ1v) is 12.3. The summed E-state index contributed by atoms with van der Waals surface area (Å²) in [6.45, 7) is 14.6. The van der Waals surface area contributed by atoms with E-state index in [0.717, 1.165) is 6.42 Å². The molecule has 216 valence electrons. The van der Waals surface area contributed by atoms with Gasteiger partial charge >= 0.3 is 18.2 Å². The van der Waals surface area contributed by atoms with E-state index in [2.05, 4.69) is 0 Å². The fraction of sp³-hybridized carbons (Fsp3) is 0.815. The van der Waals surface area contributed by atoms with Gasteiger partial charge in [0.05, 0.1) is 6.61 Å². The van der Waals surface area contributed by atoms with Crippen molar-refractivity contribution >= 4 is 29.7 Å². The molecule has 2 amide bonds. The molecule has 0 aromatic rings. The highest BCUT2D eigenvalue weighted by molar-refractivity contribution is 5.99. The van der Waals surface area contributed by atoms with Crippen molar-refractivity contribution in [1.29, 1.82) is 0 Å². The Kier molecular flexibility index (Phi) is 16.0. The predicted molar refractivity (Wildman–Crippen MR) is 142 cm³/mol. The lowest BCUT2D eigenvalue weighted by atomic mass is 10.00. The first-order valence-electron chi connectivity index (χ1n) is 12.3. The summed E-state index contributed by atoms with van der Waals surface area (Å²) in [6, 6.07) is 0. The van der Waals surface area contributed by atoms with Crippen LogP contribution in [-0.4, -0.2) is 83.5 Å². The van der Waals surface area contributed by atoms with Crippen LogP contribution in [0.25, 0.3) is 0 Å². The smallest absolute Gasteiger partial charge is 0.410 e. The lowest BCUT2D eigenvalue weighted by Crippen LogP contribution is -2.37. The molecule has 0 aliphatic carbocycles. The highest BCUT2D eigenvalue weighted by Gasteiger charge is 2.33. The van der Waals surface area contributed by atoms with E-state index in [9.17, 15) is 24.0 Å².